The van der Waals surface area contributed by atoms with Crippen LogP contribution in [-0.4, -0.2) is 29.4 Å². The fourth-order valence-corrected chi connectivity index (χ4v) is 4.32. The quantitative estimate of drug-likeness (QED) is 0.281. The van der Waals surface area contributed by atoms with Crippen molar-refractivity contribution < 1.29 is 0 Å². The number of benzene rings is 3. The van der Waals surface area contributed by atoms with Gasteiger partial charge in [0.05, 0.1) is 11.0 Å². The molecule has 3 aromatic carbocycles. The van der Waals surface area contributed by atoms with Crippen LogP contribution in [0.2, 0.25) is 0 Å². The molecule has 0 saturated carbocycles. The lowest BCUT2D eigenvalue weighted by atomic mass is 10.0. The molecular weight excluding hydrogens is 437 g/mol. The molecule has 0 fully saturated rings. The molecule has 0 aliphatic heterocycles. The molecule has 164 valence electrons. The van der Waals surface area contributed by atoms with Crippen molar-refractivity contribution >= 4 is 45.5 Å². The zero-order valence-corrected chi connectivity index (χ0v) is 19.7. The van der Waals surface area contributed by atoms with Gasteiger partial charge in [-0.2, -0.15) is 0 Å². The maximum Gasteiger partial charge on any atom is 0.0744 e. The first-order valence-corrected chi connectivity index (χ1v) is 11.9. The molecule has 0 amide bonds. The lowest BCUT2D eigenvalue weighted by Gasteiger charge is -2.23. The van der Waals surface area contributed by atoms with Gasteiger partial charge in [-0.25, -0.2) is 4.99 Å². The lowest BCUT2D eigenvalue weighted by molar-refractivity contribution is 0.873. The summed E-state index contributed by atoms with van der Waals surface area (Å²) in [6.45, 7) is 1.60. The Kier molecular flexibility index (Phi) is 7.51. The van der Waals surface area contributed by atoms with Crippen molar-refractivity contribution in [3.63, 3.8) is 0 Å². The van der Waals surface area contributed by atoms with Crippen molar-refractivity contribution in [3.05, 3.63) is 102 Å². The highest BCUT2D eigenvalue weighted by Crippen LogP contribution is 2.20. The summed E-state index contributed by atoms with van der Waals surface area (Å²) in [6, 6.07) is 27.6. The van der Waals surface area contributed by atoms with Gasteiger partial charge >= 0.3 is 0 Å². The molecule has 0 spiro atoms. The number of hydrogen-bond acceptors (Lipinski definition) is 2. The van der Waals surface area contributed by atoms with E-state index in [1.54, 1.807) is 0 Å². The number of anilines is 1. The van der Waals surface area contributed by atoms with E-state index in [1.807, 2.05) is 0 Å². The van der Waals surface area contributed by atoms with Crippen LogP contribution in [-0.2, 0) is 13.5 Å². The highest BCUT2D eigenvalue weighted by atomic mass is 35.5. The van der Waals surface area contributed by atoms with E-state index in [2.05, 4.69) is 102 Å². The Balaban J connectivity index is 1.50. The normalized spacial score (nSPS) is 11.8. The van der Waals surface area contributed by atoms with Crippen molar-refractivity contribution in [1.82, 2.24) is 4.57 Å². The Bertz CT molecular complexity index is 1220. The molecule has 0 saturated heterocycles. The van der Waals surface area contributed by atoms with Gasteiger partial charge in [-0.05, 0) is 53.9 Å². The number of hydrogen-bond donors (Lipinski definition) is 0. The Morgan fingerprint density at radius 3 is 2.06 bits per heavy atom. The summed E-state index contributed by atoms with van der Waals surface area (Å²) in [5.74, 6) is 1.18. The molecule has 0 unspecified atom stereocenters. The predicted octanol–water partition coefficient (Wildman–Crippen LogP) is 6.29. The van der Waals surface area contributed by atoms with Gasteiger partial charge in [0.25, 0.3) is 0 Å². The van der Waals surface area contributed by atoms with E-state index in [9.17, 15) is 0 Å². The maximum atomic E-state index is 5.93. The van der Waals surface area contributed by atoms with Gasteiger partial charge in [-0.1, -0.05) is 42.5 Å². The van der Waals surface area contributed by atoms with E-state index in [4.69, 9.17) is 28.2 Å². The fraction of sp³-hybridized carbons (Fsp3) is 0.222. The molecule has 0 aliphatic carbocycles. The highest BCUT2D eigenvalue weighted by Gasteiger charge is 2.06. The van der Waals surface area contributed by atoms with Crippen molar-refractivity contribution in [2.24, 2.45) is 12.0 Å². The van der Waals surface area contributed by atoms with Crippen LogP contribution in [0.15, 0.2) is 90.1 Å². The van der Waals surface area contributed by atoms with Gasteiger partial charge in [-0.15, -0.1) is 23.2 Å². The monoisotopic (exact) mass is 463 g/mol. The summed E-state index contributed by atoms with van der Waals surface area (Å²) in [5.41, 5.74) is 5.83. The minimum Gasteiger partial charge on any atom is -0.369 e. The van der Waals surface area contributed by atoms with Gasteiger partial charge in [0.1, 0.15) is 0 Å². The van der Waals surface area contributed by atoms with E-state index < -0.39 is 0 Å². The van der Waals surface area contributed by atoms with Crippen molar-refractivity contribution in [2.45, 2.75) is 6.42 Å². The summed E-state index contributed by atoms with van der Waals surface area (Å²) < 4.78 is 2.12. The number of fused-ring (bicyclic) bond motifs is 1. The first kappa shape index (κ1) is 22.4. The van der Waals surface area contributed by atoms with E-state index in [-0.39, 0.29) is 0 Å². The third kappa shape index (κ3) is 5.35. The number of rotatable bonds is 8. The predicted molar refractivity (Wildman–Crippen MR) is 137 cm³/mol. The molecule has 1 aromatic heterocycles. The molecule has 5 heteroatoms. The van der Waals surface area contributed by atoms with Gasteiger partial charge in [0, 0.05) is 54.7 Å². The fourth-order valence-electron chi connectivity index (χ4n) is 3.91. The number of nitrogens with zero attached hydrogens (tertiary/aromatic N) is 3. The maximum absolute atomic E-state index is 5.93. The van der Waals surface area contributed by atoms with Gasteiger partial charge < -0.3 is 9.47 Å². The number of alkyl halides is 2. The van der Waals surface area contributed by atoms with Crippen LogP contribution in [0.3, 0.4) is 0 Å². The van der Waals surface area contributed by atoms with Gasteiger partial charge in [0.15, 0.2) is 0 Å². The first-order valence-electron chi connectivity index (χ1n) is 10.8. The minimum atomic E-state index is 0.591. The third-order valence-electron chi connectivity index (χ3n) is 5.62. The van der Waals surface area contributed by atoms with Crippen LogP contribution in [0.5, 0.6) is 0 Å². The average molecular weight is 464 g/mol. The molecule has 3 nitrogen and oxygen atoms in total. The second-order valence-corrected chi connectivity index (χ2v) is 8.57. The molecule has 0 N–H and O–H groups in total. The van der Waals surface area contributed by atoms with Crippen LogP contribution >= 0.6 is 23.2 Å². The smallest absolute Gasteiger partial charge is 0.0744 e. The molecular formula is C27H27Cl2N3. The summed E-state index contributed by atoms with van der Waals surface area (Å²) in [6.07, 6.45) is 2.94. The molecule has 0 atom stereocenters. The van der Waals surface area contributed by atoms with Gasteiger partial charge in [0.2, 0.25) is 0 Å². The van der Waals surface area contributed by atoms with E-state index in [0.29, 0.717) is 11.8 Å². The molecule has 32 heavy (non-hydrogen) atoms. The SMILES string of the molecule is Cn1ccc(=Nc2ccc(Cc3ccc(N(CCCl)CCCl)cc3)cc2)c2ccccc21. The van der Waals surface area contributed by atoms with Crippen LogP contribution in [0.25, 0.3) is 10.9 Å². The molecule has 1 heterocycles. The summed E-state index contributed by atoms with van der Waals surface area (Å²) >= 11 is 11.9. The number of aryl methyl sites for hydroxylation is 1. The van der Waals surface area contributed by atoms with E-state index in [0.717, 1.165) is 41.6 Å². The zero-order chi connectivity index (χ0) is 22.3. The van der Waals surface area contributed by atoms with Crippen molar-refractivity contribution in [1.29, 1.82) is 0 Å². The number of aromatic nitrogens is 1. The largest absolute Gasteiger partial charge is 0.369 e. The third-order valence-corrected chi connectivity index (χ3v) is 5.96. The number of halogens is 2. The first-order chi connectivity index (χ1) is 15.7. The van der Waals surface area contributed by atoms with Crippen LogP contribution < -0.4 is 10.3 Å². The van der Waals surface area contributed by atoms with Gasteiger partial charge in [-0.3, -0.25) is 0 Å². The van der Waals surface area contributed by atoms with E-state index in [1.165, 1.54) is 16.6 Å². The number of para-hydroxylation sites is 1. The lowest BCUT2D eigenvalue weighted by Crippen LogP contribution is -2.27. The van der Waals surface area contributed by atoms with Crippen LogP contribution in [0.1, 0.15) is 11.1 Å². The Labute approximate surface area is 199 Å². The van der Waals surface area contributed by atoms with Crippen molar-refractivity contribution in [3.8, 4) is 0 Å². The van der Waals surface area contributed by atoms with E-state index >= 15 is 0 Å². The Morgan fingerprint density at radius 2 is 1.41 bits per heavy atom. The second-order valence-electron chi connectivity index (χ2n) is 7.82. The van der Waals surface area contributed by atoms with Crippen LogP contribution in [0, 0.1) is 0 Å². The molecule has 4 aromatic rings. The minimum absolute atomic E-state index is 0.591. The standard InChI is InChI=1S/C27H27Cl2N3/c1-31-17-14-26(25-4-2-3-5-27(25)31)30-23-10-6-21(7-11-23)20-22-8-12-24(13-9-22)32(18-15-28)19-16-29/h2-14,17H,15-16,18-20H2,1H3. The van der Waals surface area contributed by atoms with Crippen LogP contribution in [0.4, 0.5) is 11.4 Å². The number of pyridine rings is 1. The average Bonchev–Trinajstić information content (AvgIpc) is 2.83. The second kappa shape index (κ2) is 10.7. The topological polar surface area (TPSA) is 20.5 Å². The molecule has 0 bridgehead atoms. The molecule has 4 rings (SSSR count). The summed E-state index contributed by atoms with van der Waals surface area (Å²) in [7, 11) is 2.06. The summed E-state index contributed by atoms with van der Waals surface area (Å²) in [4.78, 5) is 7.10. The highest BCUT2D eigenvalue weighted by molar-refractivity contribution is 6.18. The molecule has 0 radical (unpaired) electrons. The molecule has 0 aliphatic rings. The Morgan fingerprint density at radius 1 is 0.781 bits per heavy atom. The zero-order valence-electron chi connectivity index (χ0n) is 18.2. The Hall–Kier alpha value is -2.75. The van der Waals surface area contributed by atoms with Crippen molar-refractivity contribution in [2.75, 3.05) is 29.7 Å². The summed E-state index contributed by atoms with van der Waals surface area (Å²) in [5, 5.41) is 2.14.